The average Bonchev–Trinajstić information content (AvgIpc) is 2.37. The Kier molecular flexibility index (Phi) is 3.88. The van der Waals surface area contributed by atoms with Gasteiger partial charge in [-0.3, -0.25) is 4.79 Å². The molecule has 1 aliphatic rings. The number of rotatable bonds is 2. The first-order valence-corrected chi connectivity index (χ1v) is 6.43. The molecule has 0 aliphatic carbocycles. The second-order valence-electron chi connectivity index (χ2n) is 5.02. The number of carbonyl (C=O) groups is 1. The van der Waals surface area contributed by atoms with Crippen LogP contribution in [0.25, 0.3) is 0 Å². The van der Waals surface area contributed by atoms with E-state index in [-0.39, 0.29) is 11.8 Å². The van der Waals surface area contributed by atoms with Gasteiger partial charge in [-0.25, -0.2) is 0 Å². The standard InChI is InChI=1S/C15H16F3NO/c1-9-13(10(2)20)7-8-14(19-9)11-3-5-12(6-4-11)15(16,17)18/h3-6,14,19H,7-8H2,1-2H3/t14-/m0/s1. The van der Waals surface area contributed by atoms with Gasteiger partial charge >= 0.3 is 6.18 Å². The lowest BCUT2D eigenvalue weighted by atomic mass is 9.92. The molecule has 0 aromatic heterocycles. The molecule has 1 heterocycles. The van der Waals surface area contributed by atoms with Gasteiger partial charge < -0.3 is 5.32 Å². The number of halogens is 3. The van der Waals surface area contributed by atoms with Gasteiger partial charge in [-0.05, 0) is 44.4 Å². The van der Waals surface area contributed by atoms with E-state index in [1.54, 1.807) is 0 Å². The van der Waals surface area contributed by atoms with Gasteiger partial charge in [-0.15, -0.1) is 0 Å². The highest BCUT2D eigenvalue weighted by molar-refractivity contribution is 5.94. The van der Waals surface area contributed by atoms with Gasteiger partial charge in [-0.1, -0.05) is 12.1 Å². The largest absolute Gasteiger partial charge is 0.416 e. The number of Topliss-reactive ketones (excluding diaryl/α,β-unsaturated/α-hetero) is 1. The summed E-state index contributed by atoms with van der Waals surface area (Å²) in [5, 5.41) is 3.20. The fourth-order valence-corrected chi connectivity index (χ4v) is 2.49. The minimum absolute atomic E-state index is 0.0413. The van der Waals surface area contributed by atoms with Crippen LogP contribution in [0.4, 0.5) is 13.2 Å². The third kappa shape index (κ3) is 3.03. The lowest BCUT2D eigenvalue weighted by molar-refractivity contribution is -0.137. The summed E-state index contributed by atoms with van der Waals surface area (Å²) in [7, 11) is 0. The van der Waals surface area contributed by atoms with Gasteiger partial charge in [0.15, 0.2) is 5.78 Å². The van der Waals surface area contributed by atoms with Crippen molar-refractivity contribution in [3.63, 3.8) is 0 Å². The van der Waals surface area contributed by atoms with E-state index in [9.17, 15) is 18.0 Å². The van der Waals surface area contributed by atoms with Crippen molar-refractivity contribution in [1.29, 1.82) is 0 Å². The van der Waals surface area contributed by atoms with E-state index in [1.165, 1.54) is 19.1 Å². The number of hydrogen-bond donors (Lipinski definition) is 1. The molecule has 2 rings (SSSR count). The SMILES string of the molecule is CC(=O)C1=C(C)N[C@H](c2ccc(C(F)(F)F)cc2)CC1. The first-order chi connectivity index (χ1) is 9.29. The predicted molar refractivity (Wildman–Crippen MR) is 69.9 cm³/mol. The van der Waals surface area contributed by atoms with Crippen molar-refractivity contribution in [2.45, 2.75) is 38.9 Å². The second-order valence-corrected chi connectivity index (χ2v) is 5.02. The van der Waals surface area contributed by atoms with Crippen molar-refractivity contribution in [1.82, 2.24) is 5.32 Å². The minimum atomic E-state index is -4.31. The molecule has 1 aliphatic heterocycles. The van der Waals surface area contributed by atoms with E-state index < -0.39 is 11.7 Å². The van der Waals surface area contributed by atoms with Crippen LogP contribution in [0.3, 0.4) is 0 Å². The maximum absolute atomic E-state index is 12.5. The van der Waals surface area contributed by atoms with Crippen molar-refractivity contribution in [3.8, 4) is 0 Å². The summed E-state index contributed by atoms with van der Waals surface area (Å²) in [5.74, 6) is 0.0425. The summed E-state index contributed by atoms with van der Waals surface area (Å²) in [6, 6.07) is 5.13. The molecule has 0 radical (unpaired) electrons. The minimum Gasteiger partial charge on any atom is -0.381 e. The Hall–Kier alpha value is -1.78. The Bertz CT molecular complexity index is 543. The molecule has 0 spiro atoms. The van der Waals surface area contributed by atoms with E-state index in [2.05, 4.69) is 5.32 Å². The van der Waals surface area contributed by atoms with E-state index >= 15 is 0 Å². The Morgan fingerprint density at radius 1 is 1.25 bits per heavy atom. The maximum atomic E-state index is 12.5. The average molecular weight is 283 g/mol. The van der Waals surface area contributed by atoms with Gasteiger partial charge in [0.05, 0.1) is 11.6 Å². The third-order valence-corrected chi connectivity index (χ3v) is 3.59. The van der Waals surface area contributed by atoms with Gasteiger partial charge in [0.2, 0.25) is 0 Å². The highest BCUT2D eigenvalue weighted by atomic mass is 19.4. The zero-order valence-corrected chi connectivity index (χ0v) is 11.3. The number of ketones is 1. The Morgan fingerprint density at radius 3 is 2.30 bits per heavy atom. The van der Waals surface area contributed by atoms with Gasteiger partial charge in [-0.2, -0.15) is 13.2 Å². The molecule has 0 bridgehead atoms. The molecule has 2 nitrogen and oxygen atoms in total. The maximum Gasteiger partial charge on any atom is 0.416 e. The Labute approximate surface area is 115 Å². The zero-order valence-electron chi connectivity index (χ0n) is 11.3. The topological polar surface area (TPSA) is 29.1 Å². The molecule has 5 heteroatoms. The molecule has 1 aromatic carbocycles. The molecule has 1 atom stereocenters. The van der Waals surface area contributed by atoms with Gasteiger partial charge in [0, 0.05) is 11.3 Å². The summed E-state index contributed by atoms with van der Waals surface area (Å²) < 4.78 is 37.5. The molecule has 20 heavy (non-hydrogen) atoms. The van der Waals surface area contributed by atoms with E-state index in [0.717, 1.165) is 29.0 Å². The Balaban J connectivity index is 2.17. The van der Waals surface area contributed by atoms with Crippen molar-refractivity contribution in [2.75, 3.05) is 0 Å². The van der Waals surface area contributed by atoms with Crippen LogP contribution in [0.15, 0.2) is 35.5 Å². The summed E-state index contributed by atoms with van der Waals surface area (Å²) >= 11 is 0. The van der Waals surface area contributed by atoms with Crippen LogP contribution in [-0.4, -0.2) is 5.78 Å². The van der Waals surface area contributed by atoms with Crippen molar-refractivity contribution < 1.29 is 18.0 Å². The second kappa shape index (κ2) is 5.31. The number of benzene rings is 1. The third-order valence-electron chi connectivity index (χ3n) is 3.59. The number of alkyl halides is 3. The molecular weight excluding hydrogens is 267 g/mol. The molecule has 0 fully saturated rings. The number of hydrogen-bond acceptors (Lipinski definition) is 2. The molecular formula is C15H16F3NO. The van der Waals surface area contributed by atoms with Gasteiger partial charge in [0.25, 0.3) is 0 Å². The smallest absolute Gasteiger partial charge is 0.381 e. The first-order valence-electron chi connectivity index (χ1n) is 6.43. The summed E-state index contributed by atoms with van der Waals surface area (Å²) in [6.07, 6.45) is -2.95. The highest BCUT2D eigenvalue weighted by Gasteiger charge is 2.30. The van der Waals surface area contributed by atoms with Crippen molar-refractivity contribution >= 4 is 5.78 Å². The van der Waals surface area contributed by atoms with Gasteiger partial charge in [0.1, 0.15) is 0 Å². The molecule has 1 aromatic rings. The number of nitrogens with one attached hydrogen (secondary N) is 1. The fraction of sp³-hybridized carbons (Fsp3) is 0.400. The predicted octanol–water partition coefficient (Wildman–Crippen LogP) is 3.99. The molecule has 108 valence electrons. The van der Waals surface area contributed by atoms with Crippen LogP contribution in [0, 0.1) is 0 Å². The molecule has 0 saturated heterocycles. The summed E-state index contributed by atoms with van der Waals surface area (Å²) in [6.45, 7) is 3.35. The summed E-state index contributed by atoms with van der Waals surface area (Å²) in [4.78, 5) is 11.4. The van der Waals surface area contributed by atoms with E-state index in [0.29, 0.717) is 12.8 Å². The normalized spacial score (nSPS) is 19.8. The van der Waals surface area contributed by atoms with Crippen LogP contribution in [0.2, 0.25) is 0 Å². The van der Waals surface area contributed by atoms with Crippen LogP contribution in [0.1, 0.15) is 43.9 Å². The van der Waals surface area contributed by atoms with E-state index in [1.807, 2.05) is 6.92 Å². The highest BCUT2D eigenvalue weighted by Crippen LogP contribution is 2.32. The fourth-order valence-electron chi connectivity index (χ4n) is 2.49. The monoisotopic (exact) mass is 283 g/mol. The number of carbonyl (C=O) groups excluding carboxylic acids is 1. The zero-order chi connectivity index (χ0) is 14.9. The van der Waals surface area contributed by atoms with Crippen molar-refractivity contribution in [2.24, 2.45) is 0 Å². The molecule has 0 unspecified atom stereocenters. The van der Waals surface area contributed by atoms with Crippen molar-refractivity contribution in [3.05, 3.63) is 46.7 Å². The quantitative estimate of drug-likeness (QED) is 0.889. The molecule has 1 N–H and O–H groups in total. The lowest BCUT2D eigenvalue weighted by Gasteiger charge is -2.27. The van der Waals surface area contributed by atoms with Crippen LogP contribution >= 0.6 is 0 Å². The lowest BCUT2D eigenvalue weighted by Crippen LogP contribution is -2.27. The Morgan fingerprint density at radius 2 is 1.85 bits per heavy atom. The van der Waals surface area contributed by atoms with Crippen LogP contribution in [0.5, 0.6) is 0 Å². The molecule has 0 saturated carbocycles. The first kappa shape index (κ1) is 14.6. The van der Waals surface area contributed by atoms with E-state index in [4.69, 9.17) is 0 Å². The summed E-state index contributed by atoms with van der Waals surface area (Å²) in [5.41, 5.74) is 1.75. The molecule has 0 amide bonds. The van der Waals surface area contributed by atoms with Crippen LogP contribution in [-0.2, 0) is 11.0 Å². The number of allylic oxidation sites excluding steroid dienone is 2. The van der Waals surface area contributed by atoms with Crippen LogP contribution < -0.4 is 5.32 Å².